The number of halogens is 1. The first-order chi connectivity index (χ1) is 10.1. The maximum Gasteiger partial charge on any atom is 0.163 e. The lowest BCUT2D eigenvalue weighted by molar-refractivity contribution is -0.192. The first-order valence-electron chi connectivity index (χ1n) is 7.42. The van der Waals surface area contributed by atoms with Gasteiger partial charge in [0, 0.05) is 11.0 Å². The highest BCUT2D eigenvalue weighted by Gasteiger charge is 2.44. The van der Waals surface area contributed by atoms with E-state index in [1.165, 1.54) is 5.56 Å². The summed E-state index contributed by atoms with van der Waals surface area (Å²) < 4.78 is 12.8. The van der Waals surface area contributed by atoms with Gasteiger partial charge in [-0.1, -0.05) is 52.9 Å². The van der Waals surface area contributed by atoms with Crippen LogP contribution < -0.4 is 0 Å². The third-order valence-corrected chi connectivity index (χ3v) is 4.95. The maximum absolute atomic E-state index is 6.10. The minimum Gasteiger partial charge on any atom is -0.348 e. The zero-order valence-corrected chi connectivity index (χ0v) is 14.7. The molecule has 5 heteroatoms. The van der Waals surface area contributed by atoms with E-state index in [2.05, 4.69) is 51.9 Å². The molecule has 21 heavy (non-hydrogen) atoms. The number of hydrogen-bond acceptors (Lipinski definition) is 4. The second-order valence-electron chi connectivity index (χ2n) is 6.11. The van der Waals surface area contributed by atoms with E-state index in [9.17, 15) is 0 Å². The third-order valence-electron chi connectivity index (χ3n) is 3.97. The molecule has 0 N–H and O–H groups in total. The van der Waals surface area contributed by atoms with Crippen molar-refractivity contribution in [2.24, 2.45) is 0 Å². The first kappa shape index (κ1) is 15.7. The summed E-state index contributed by atoms with van der Waals surface area (Å²) in [5.41, 5.74) is 1.26. The highest BCUT2D eigenvalue weighted by Crippen LogP contribution is 2.33. The van der Waals surface area contributed by atoms with Crippen LogP contribution in [0.15, 0.2) is 30.3 Å². The van der Waals surface area contributed by atoms with Gasteiger partial charge >= 0.3 is 0 Å². The summed E-state index contributed by atoms with van der Waals surface area (Å²) in [6.45, 7) is 5.37. The molecule has 0 radical (unpaired) electrons. The summed E-state index contributed by atoms with van der Waals surface area (Å²) in [4.78, 5) is 6.10. The van der Waals surface area contributed by atoms with Crippen LogP contribution in [0.5, 0.6) is 0 Å². The Morgan fingerprint density at radius 1 is 1.29 bits per heavy atom. The number of nitrogens with zero attached hydrogens (tertiary/aromatic N) is 1. The molecule has 0 spiro atoms. The van der Waals surface area contributed by atoms with Gasteiger partial charge in [0.1, 0.15) is 6.10 Å². The minimum absolute atomic E-state index is 0.0802. The molecule has 4 nitrogen and oxygen atoms in total. The Kier molecular flexibility index (Phi) is 4.85. The fraction of sp³-hybridized carbons (Fsp3) is 0.625. The number of hydroxylamine groups is 2. The van der Waals surface area contributed by atoms with Crippen LogP contribution in [0.25, 0.3) is 0 Å². The van der Waals surface area contributed by atoms with Gasteiger partial charge in [0.05, 0.1) is 18.8 Å². The number of alkyl halides is 1. The lowest BCUT2D eigenvalue weighted by Crippen LogP contribution is -2.40. The average molecular weight is 403 g/mol. The Morgan fingerprint density at radius 2 is 2.05 bits per heavy atom. The number of hydrogen-bond donors (Lipinski definition) is 0. The zero-order valence-electron chi connectivity index (χ0n) is 12.5. The molecule has 2 heterocycles. The van der Waals surface area contributed by atoms with E-state index >= 15 is 0 Å². The van der Waals surface area contributed by atoms with Crippen LogP contribution in [0.2, 0.25) is 0 Å². The van der Waals surface area contributed by atoms with Crippen LogP contribution in [0.3, 0.4) is 0 Å². The Morgan fingerprint density at radius 3 is 2.67 bits per heavy atom. The Hall–Kier alpha value is -0.210. The van der Waals surface area contributed by atoms with E-state index in [-0.39, 0.29) is 18.2 Å². The molecule has 2 saturated heterocycles. The Bertz CT molecular complexity index is 468. The predicted molar refractivity (Wildman–Crippen MR) is 89.1 cm³/mol. The summed E-state index contributed by atoms with van der Waals surface area (Å²) in [5.74, 6) is -0.481. The highest BCUT2D eigenvalue weighted by molar-refractivity contribution is 14.1. The number of benzene rings is 1. The van der Waals surface area contributed by atoms with Crippen LogP contribution in [-0.4, -0.2) is 40.1 Å². The summed E-state index contributed by atoms with van der Waals surface area (Å²) in [6.07, 6.45) is 1.35. The largest absolute Gasteiger partial charge is 0.348 e. The van der Waals surface area contributed by atoms with E-state index in [1.807, 2.05) is 19.9 Å². The summed E-state index contributed by atoms with van der Waals surface area (Å²) in [7, 11) is 0. The lowest BCUT2D eigenvalue weighted by atomic mass is 10.1. The summed E-state index contributed by atoms with van der Waals surface area (Å²) in [5, 5.41) is 2.09. The van der Waals surface area contributed by atoms with E-state index in [0.717, 1.165) is 17.4 Å². The topological polar surface area (TPSA) is 30.9 Å². The molecule has 0 aromatic heterocycles. The van der Waals surface area contributed by atoms with Crippen molar-refractivity contribution in [3.63, 3.8) is 0 Å². The smallest absolute Gasteiger partial charge is 0.163 e. The van der Waals surface area contributed by atoms with Crippen molar-refractivity contribution in [1.82, 2.24) is 5.06 Å². The number of rotatable bonds is 4. The fourth-order valence-electron chi connectivity index (χ4n) is 2.95. The molecule has 1 aromatic carbocycles. The molecule has 2 aliphatic heterocycles. The molecule has 0 saturated carbocycles. The minimum atomic E-state index is -0.481. The van der Waals surface area contributed by atoms with Crippen molar-refractivity contribution in [3.05, 3.63) is 35.9 Å². The first-order valence-corrected chi connectivity index (χ1v) is 8.95. The monoisotopic (exact) mass is 403 g/mol. The van der Waals surface area contributed by atoms with Gasteiger partial charge in [-0.05, 0) is 25.8 Å². The van der Waals surface area contributed by atoms with Crippen LogP contribution in [0.1, 0.15) is 25.8 Å². The van der Waals surface area contributed by atoms with Crippen molar-refractivity contribution >= 4 is 22.6 Å². The molecule has 0 bridgehead atoms. The zero-order chi connectivity index (χ0) is 14.9. The van der Waals surface area contributed by atoms with E-state index in [0.29, 0.717) is 6.61 Å². The molecule has 2 fully saturated rings. The van der Waals surface area contributed by atoms with Gasteiger partial charge in [-0.25, -0.2) is 0 Å². The van der Waals surface area contributed by atoms with E-state index in [4.69, 9.17) is 14.3 Å². The van der Waals surface area contributed by atoms with Crippen molar-refractivity contribution in [2.75, 3.05) is 11.0 Å². The van der Waals surface area contributed by atoms with Crippen LogP contribution in [-0.2, 0) is 20.9 Å². The van der Waals surface area contributed by atoms with Crippen LogP contribution >= 0.6 is 22.6 Å². The van der Waals surface area contributed by atoms with Crippen molar-refractivity contribution in [3.8, 4) is 0 Å². The van der Waals surface area contributed by atoms with Crippen molar-refractivity contribution in [1.29, 1.82) is 0 Å². The SMILES string of the molecule is CC1(C)OCC(C2CC(CI)ON2Cc2ccccc2)O1. The standard InChI is InChI=1S/C16H22INO3/c1-16(2)19-11-15(20-16)14-8-13(9-17)21-18(14)10-12-6-4-3-5-7-12/h3-7,13-15H,8-11H2,1-2H3. The normalized spacial score (nSPS) is 32.6. The Labute approximate surface area is 139 Å². The highest BCUT2D eigenvalue weighted by atomic mass is 127. The van der Waals surface area contributed by atoms with Gasteiger partial charge in [0.15, 0.2) is 5.79 Å². The van der Waals surface area contributed by atoms with E-state index in [1.54, 1.807) is 0 Å². The molecule has 3 unspecified atom stereocenters. The molecular formula is C16H22INO3. The van der Waals surface area contributed by atoms with Gasteiger partial charge < -0.3 is 9.47 Å². The molecule has 3 atom stereocenters. The van der Waals surface area contributed by atoms with Crippen LogP contribution in [0, 0.1) is 0 Å². The van der Waals surface area contributed by atoms with Crippen LogP contribution in [0.4, 0.5) is 0 Å². The van der Waals surface area contributed by atoms with Gasteiger partial charge in [-0.2, -0.15) is 5.06 Å². The molecule has 116 valence electrons. The third kappa shape index (κ3) is 3.76. The lowest BCUT2D eigenvalue weighted by Gasteiger charge is -2.27. The molecule has 2 aliphatic rings. The number of ether oxygens (including phenoxy) is 2. The van der Waals surface area contributed by atoms with Gasteiger partial charge in [-0.3, -0.25) is 4.84 Å². The maximum atomic E-state index is 6.10. The van der Waals surface area contributed by atoms with Gasteiger partial charge in [0.2, 0.25) is 0 Å². The average Bonchev–Trinajstić information content (AvgIpc) is 3.03. The molecule has 0 amide bonds. The second kappa shape index (κ2) is 6.50. The van der Waals surface area contributed by atoms with Gasteiger partial charge in [0.25, 0.3) is 0 Å². The predicted octanol–water partition coefficient (Wildman–Crippen LogP) is 3.15. The summed E-state index contributed by atoms with van der Waals surface area (Å²) >= 11 is 2.39. The molecule has 0 aliphatic carbocycles. The molecule has 3 rings (SSSR count). The fourth-order valence-corrected chi connectivity index (χ4v) is 3.47. The quantitative estimate of drug-likeness (QED) is 0.571. The molecular weight excluding hydrogens is 381 g/mol. The summed E-state index contributed by atoms with van der Waals surface area (Å²) in [6, 6.07) is 10.7. The van der Waals surface area contributed by atoms with Gasteiger partial charge in [-0.15, -0.1) is 0 Å². The Balaban J connectivity index is 1.71. The van der Waals surface area contributed by atoms with Crippen molar-refractivity contribution < 1.29 is 14.3 Å². The second-order valence-corrected chi connectivity index (χ2v) is 6.99. The van der Waals surface area contributed by atoms with Crippen molar-refractivity contribution in [2.45, 2.75) is 50.8 Å². The van der Waals surface area contributed by atoms with E-state index < -0.39 is 5.79 Å². The molecule has 1 aromatic rings.